The smallest absolute Gasteiger partial charge is 0.254 e. The zero-order valence-electron chi connectivity index (χ0n) is 13.1. The highest BCUT2D eigenvalue weighted by atomic mass is 16.5. The number of hydrogen-bond donors (Lipinski definition) is 1. The van der Waals surface area contributed by atoms with E-state index < -0.39 is 0 Å². The lowest BCUT2D eigenvalue weighted by Gasteiger charge is -2.21. The number of nitrogens with zero attached hydrogens (tertiary/aromatic N) is 2. The Morgan fingerprint density at radius 2 is 2.04 bits per heavy atom. The number of aryl methyl sites for hydroxylation is 1. The maximum Gasteiger partial charge on any atom is 0.254 e. The zero-order valence-corrected chi connectivity index (χ0v) is 13.1. The number of methoxy groups -OCH3 is 1. The van der Waals surface area contributed by atoms with Gasteiger partial charge in [0.2, 0.25) is 5.91 Å². The molecule has 0 aliphatic heterocycles. The molecular weight excluding hydrogens is 298 g/mol. The van der Waals surface area contributed by atoms with Crippen LogP contribution in [0.5, 0.6) is 0 Å². The van der Waals surface area contributed by atoms with Crippen molar-refractivity contribution in [3.63, 3.8) is 0 Å². The minimum Gasteiger partial charge on any atom is -0.383 e. The summed E-state index contributed by atoms with van der Waals surface area (Å²) in [7, 11) is 1.55. The summed E-state index contributed by atoms with van der Waals surface area (Å²) in [5, 5.41) is 6.29. The van der Waals surface area contributed by atoms with Gasteiger partial charge in [-0.25, -0.2) is 0 Å². The number of benzene rings is 1. The summed E-state index contributed by atoms with van der Waals surface area (Å²) in [4.78, 5) is 26.0. The molecule has 0 bridgehead atoms. The Labute approximate surface area is 134 Å². The van der Waals surface area contributed by atoms with Gasteiger partial charge in [0, 0.05) is 25.3 Å². The summed E-state index contributed by atoms with van der Waals surface area (Å²) in [6, 6.07) is 10.4. The fourth-order valence-corrected chi connectivity index (χ4v) is 2.00. The third-order valence-corrected chi connectivity index (χ3v) is 3.10. The third-order valence-electron chi connectivity index (χ3n) is 3.10. The van der Waals surface area contributed by atoms with E-state index in [-0.39, 0.29) is 18.4 Å². The number of carbonyl (C=O) groups is 2. The molecule has 23 heavy (non-hydrogen) atoms. The SMILES string of the molecule is COCCN(CC(=O)Nc1cc(C)on1)C(=O)c1ccccc1. The predicted molar refractivity (Wildman–Crippen MR) is 84.1 cm³/mol. The van der Waals surface area contributed by atoms with Crippen LogP contribution in [0.25, 0.3) is 0 Å². The Hall–Kier alpha value is -2.67. The van der Waals surface area contributed by atoms with Crippen molar-refractivity contribution in [2.24, 2.45) is 0 Å². The zero-order chi connectivity index (χ0) is 16.7. The molecule has 0 atom stereocenters. The first-order valence-corrected chi connectivity index (χ1v) is 7.16. The minimum atomic E-state index is -0.348. The van der Waals surface area contributed by atoms with Crippen molar-refractivity contribution in [3.8, 4) is 0 Å². The Kier molecular flexibility index (Phi) is 5.87. The van der Waals surface area contributed by atoms with Gasteiger partial charge in [0.25, 0.3) is 5.91 Å². The van der Waals surface area contributed by atoms with Crippen LogP contribution in [0.4, 0.5) is 5.82 Å². The van der Waals surface area contributed by atoms with Crippen LogP contribution in [0.15, 0.2) is 40.9 Å². The second-order valence-corrected chi connectivity index (χ2v) is 4.96. The fourth-order valence-electron chi connectivity index (χ4n) is 2.00. The first kappa shape index (κ1) is 16.7. The van der Waals surface area contributed by atoms with Gasteiger partial charge in [-0.3, -0.25) is 9.59 Å². The molecule has 0 unspecified atom stereocenters. The average molecular weight is 317 g/mol. The van der Waals surface area contributed by atoms with Gasteiger partial charge < -0.3 is 19.5 Å². The lowest BCUT2D eigenvalue weighted by Crippen LogP contribution is -2.40. The van der Waals surface area contributed by atoms with E-state index in [0.717, 1.165) is 0 Å². The second-order valence-electron chi connectivity index (χ2n) is 4.96. The molecule has 1 aromatic heterocycles. The molecule has 2 rings (SSSR count). The number of rotatable bonds is 7. The van der Waals surface area contributed by atoms with Crippen molar-refractivity contribution < 1.29 is 18.8 Å². The van der Waals surface area contributed by atoms with E-state index in [1.165, 1.54) is 4.90 Å². The number of aromatic nitrogens is 1. The highest BCUT2D eigenvalue weighted by molar-refractivity contribution is 5.99. The molecule has 2 amide bonds. The molecular formula is C16H19N3O4. The van der Waals surface area contributed by atoms with Gasteiger partial charge in [-0.2, -0.15) is 0 Å². The molecule has 1 N–H and O–H groups in total. The molecule has 0 radical (unpaired) electrons. The van der Waals surface area contributed by atoms with Crippen molar-refractivity contribution >= 4 is 17.6 Å². The van der Waals surface area contributed by atoms with E-state index in [1.54, 1.807) is 44.4 Å². The fraction of sp³-hybridized carbons (Fsp3) is 0.312. The van der Waals surface area contributed by atoms with Crippen molar-refractivity contribution in [1.29, 1.82) is 0 Å². The predicted octanol–water partition coefficient (Wildman–Crippen LogP) is 1.71. The van der Waals surface area contributed by atoms with E-state index in [1.807, 2.05) is 6.07 Å². The number of amides is 2. The molecule has 2 aromatic rings. The number of carbonyl (C=O) groups excluding carboxylic acids is 2. The molecule has 7 heteroatoms. The highest BCUT2D eigenvalue weighted by Gasteiger charge is 2.19. The van der Waals surface area contributed by atoms with Gasteiger partial charge in [-0.05, 0) is 19.1 Å². The van der Waals surface area contributed by atoms with Crippen LogP contribution in [0.1, 0.15) is 16.1 Å². The number of anilines is 1. The summed E-state index contributed by atoms with van der Waals surface area (Å²) >= 11 is 0. The molecule has 0 spiro atoms. The van der Waals surface area contributed by atoms with Gasteiger partial charge in [0.05, 0.1) is 6.61 Å². The molecule has 0 aliphatic rings. The van der Waals surface area contributed by atoms with E-state index >= 15 is 0 Å². The largest absolute Gasteiger partial charge is 0.383 e. The van der Waals surface area contributed by atoms with Crippen molar-refractivity contribution in [2.45, 2.75) is 6.92 Å². The van der Waals surface area contributed by atoms with Crippen LogP contribution >= 0.6 is 0 Å². The van der Waals surface area contributed by atoms with Gasteiger partial charge in [0.1, 0.15) is 12.3 Å². The summed E-state index contributed by atoms with van der Waals surface area (Å²) in [6.07, 6.45) is 0. The number of nitrogens with one attached hydrogen (secondary N) is 1. The summed E-state index contributed by atoms with van der Waals surface area (Å²) in [5.41, 5.74) is 0.522. The first-order chi connectivity index (χ1) is 11.1. The first-order valence-electron chi connectivity index (χ1n) is 7.16. The third kappa shape index (κ3) is 4.93. The minimum absolute atomic E-state index is 0.0943. The Morgan fingerprint density at radius 1 is 1.30 bits per heavy atom. The van der Waals surface area contributed by atoms with E-state index in [0.29, 0.717) is 30.3 Å². The Bertz CT molecular complexity index is 654. The van der Waals surface area contributed by atoms with Crippen molar-refractivity contribution in [3.05, 3.63) is 47.7 Å². The van der Waals surface area contributed by atoms with Crippen LogP contribution in [-0.4, -0.2) is 48.7 Å². The molecule has 0 aliphatic carbocycles. The monoisotopic (exact) mass is 317 g/mol. The molecule has 0 saturated heterocycles. The second kappa shape index (κ2) is 8.09. The number of hydrogen-bond acceptors (Lipinski definition) is 5. The van der Waals surface area contributed by atoms with Gasteiger partial charge >= 0.3 is 0 Å². The Morgan fingerprint density at radius 3 is 2.65 bits per heavy atom. The molecule has 0 saturated carbocycles. The molecule has 122 valence electrons. The standard InChI is InChI=1S/C16H19N3O4/c1-12-10-14(18-23-12)17-15(20)11-19(8-9-22-2)16(21)13-6-4-3-5-7-13/h3-7,10H,8-9,11H2,1-2H3,(H,17,18,20). The van der Waals surface area contributed by atoms with Gasteiger partial charge in [-0.15, -0.1) is 0 Å². The summed E-state index contributed by atoms with van der Waals surface area (Å²) < 4.78 is 9.90. The highest BCUT2D eigenvalue weighted by Crippen LogP contribution is 2.08. The maximum atomic E-state index is 12.5. The van der Waals surface area contributed by atoms with Crippen LogP contribution < -0.4 is 5.32 Å². The summed E-state index contributed by atoms with van der Waals surface area (Å²) in [6.45, 7) is 2.29. The topological polar surface area (TPSA) is 84.7 Å². The van der Waals surface area contributed by atoms with Crippen LogP contribution in [-0.2, 0) is 9.53 Å². The van der Waals surface area contributed by atoms with Crippen molar-refractivity contribution in [2.75, 3.05) is 32.1 Å². The van der Waals surface area contributed by atoms with Gasteiger partial charge in [0.15, 0.2) is 5.82 Å². The molecule has 7 nitrogen and oxygen atoms in total. The molecule has 0 fully saturated rings. The molecule has 1 heterocycles. The quantitative estimate of drug-likeness (QED) is 0.840. The van der Waals surface area contributed by atoms with E-state index in [9.17, 15) is 9.59 Å². The van der Waals surface area contributed by atoms with Crippen LogP contribution in [0.2, 0.25) is 0 Å². The number of ether oxygens (including phenoxy) is 1. The van der Waals surface area contributed by atoms with Crippen molar-refractivity contribution in [1.82, 2.24) is 10.1 Å². The van der Waals surface area contributed by atoms with E-state index in [4.69, 9.17) is 9.26 Å². The van der Waals surface area contributed by atoms with Gasteiger partial charge in [-0.1, -0.05) is 23.4 Å². The lowest BCUT2D eigenvalue weighted by atomic mass is 10.2. The Balaban J connectivity index is 2.02. The average Bonchev–Trinajstić information content (AvgIpc) is 2.96. The van der Waals surface area contributed by atoms with E-state index in [2.05, 4.69) is 10.5 Å². The maximum absolute atomic E-state index is 12.5. The summed E-state index contributed by atoms with van der Waals surface area (Å²) in [5.74, 6) is 0.344. The normalized spacial score (nSPS) is 10.3. The van der Waals surface area contributed by atoms with Crippen LogP contribution in [0.3, 0.4) is 0 Å². The van der Waals surface area contributed by atoms with Crippen LogP contribution in [0, 0.1) is 6.92 Å². The lowest BCUT2D eigenvalue weighted by molar-refractivity contribution is -0.117. The molecule has 1 aromatic carbocycles.